The fourth-order valence-corrected chi connectivity index (χ4v) is 1.14. The third-order valence-electron chi connectivity index (χ3n) is 1.69. The lowest BCUT2D eigenvalue weighted by Gasteiger charge is -2.07. The van der Waals surface area contributed by atoms with E-state index >= 15 is 0 Å². The largest absolute Gasteiger partial charge is 0.481 e. The van der Waals surface area contributed by atoms with Crippen LogP contribution in [0.25, 0.3) is 0 Å². The maximum absolute atomic E-state index is 12.4. The molecule has 0 bridgehead atoms. The highest BCUT2D eigenvalue weighted by Crippen LogP contribution is 2.31. The quantitative estimate of drug-likeness (QED) is 0.439. The molecule has 6 nitrogen and oxygen atoms in total. The summed E-state index contributed by atoms with van der Waals surface area (Å²) < 4.78 is 37.2. The highest BCUT2D eigenvalue weighted by molar-refractivity contribution is 6.33. The van der Waals surface area contributed by atoms with E-state index in [4.69, 9.17) is 33.0 Å². The number of alkyl halides is 3. The maximum atomic E-state index is 12.4. The minimum atomic E-state index is -4.44. The normalized spacial score (nSPS) is 10.7. The van der Waals surface area contributed by atoms with Gasteiger partial charge in [0.1, 0.15) is 0 Å². The summed E-state index contributed by atoms with van der Waals surface area (Å²) >= 11 is 5.69. The fraction of sp³-hybridized carbons (Fsp3) is 0.182. The van der Waals surface area contributed by atoms with Gasteiger partial charge in [0, 0.05) is 17.5 Å². The zero-order valence-corrected chi connectivity index (χ0v) is 11.5. The van der Waals surface area contributed by atoms with Crippen LogP contribution in [0.1, 0.15) is 18.1 Å². The van der Waals surface area contributed by atoms with Crippen LogP contribution >= 0.6 is 11.6 Å². The third-order valence-corrected chi connectivity index (χ3v) is 2.04. The van der Waals surface area contributed by atoms with Gasteiger partial charge in [0.15, 0.2) is 0 Å². The van der Waals surface area contributed by atoms with Crippen molar-refractivity contribution in [3.63, 3.8) is 0 Å². The fourth-order valence-electron chi connectivity index (χ4n) is 0.977. The number of guanidine groups is 1. The van der Waals surface area contributed by atoms with Crippen LogP contribution in [0, 0.1) is 0 Å². The standard InChI is InChI=1S/C9H8ClF3N4.C2H4O2/c10-7-2-1-6(9(11,12)13)3-5(7)4-16-17-8(14)15;1-2(3)4/h1-4H,(H4,14,15,17);1H3,(H,3,4)/b16-4+;. The molecule has 0 aromatic heterocycles. The molecule has 21 heavy (non-hydrogen) atoms. The van der Waals surface area contributed by atoms with E-state index < -0.39 is 17.7 Å². The molecule has 0 aliphatic rings. The molecule has 0 saturated heterocycles. The van der Waals surface area contributed by atoms with Gasteiger partial charge in [0.2, 0.25) is 5.96 Å². The van der Waals surface area contributed by atoms with Crippen molar-refractivity contribution in [2.24, 2.45) is 21.7 Å². The molecule has 5 N–H and O–H groups in total. The minimum Gasteiger partial charge on any atom is -0.481 e. The predicted octanol–water partition coefficient (Wildman–Crippen LogP) is 2.06. The van der Waals surface area contributed by atoms with E-state index in [1.807, 2.05) is 0 Å². The molecule has 0 aliphatic carbocycles. The SMILES string of the molecule is CC(=O)O.NC(N)=N/N=C/c1cc(C(F)(F)F)ccc1Cl. The molecule has 116 valence electrons. The second kappa shape index (κ2) is 8.10. The average Bonchev–Trinajstić information content (AvgIpc) is 2.28. The Morgan fingerprint density at radius 3 is 2.33 bits per heavy atom. The molecule has 0 saturated carbocycles. The van der Waals surface area contributed by atoms with Gasteiger partial charge in [-0.2, -0.15) is 18.3 Å². The molecular weight excluding hydrogens is 313 g/mol. The Labute approximate surface area is 122 Å². The van der Waals surface area contributed by atoms with E-state index in [9.17, 15) is 13.2 Å². The monoisotopic (exact) mass is 324 g/mol. The minimum absolute atomic E-state index is 0.0755. The first kappa shape index (κ1) is 18.7. The summed E-state index contributed by atoms with van der Waals surface area (Å²) in [7, 11) is 0. The number of carboxylic acids is 1. The Morgan fingerprint density at radius 2 is 1.90 bits per heavy atom. The smallest absolute Gasteiger partial charge is 0.416 e. The van der Waals surface area contributed by atoms with Gasteiger partial charge in [-0.1, -0.05) is 11.6 Å². The van der Waals surface area contributed by atoms with Crippen molar-refractivity contribution in [2.45, 2.75) is 13.1 Å². The van der Waals surface area contributed by atoms with Crippen LogP contribution in [0.15, 0.2) is 28.4 Å². The van der Waals surface area contributed by atoms with Crippen LogP contribution in [0.4, 0.5) is 13.2 Å². The van der Waals surface area contributed by atoms with Crippen molar-refractivity contribution in [3.8, 4) is 0 Å². The first-order chi connectivity index (χ1) is 9.54. The second-order valence-electron chi connectivity index (χ2n) is 3.52. The van der Waals surface area contributed by atoms with Crippen LogP contribution in [0.2, 0.25) is 5.02 Å². The van der Waals surface area contributed by atoms with E-state index in [2.05, 4.69) is 10.2 Å². The number of hydrogen-bond acceptors (Lipinski definition) is 3. The molecule has 0 heterocycles. The van der Waals surface area contributed by atoms with Gasteiger partial charge in [-0.3, -0.25) is 4.79 Å². The van der Waals surface area contributed by atoms with Crippen molar-refractivity contribution in [1.82, 2.24) is 0 Å². The molecule has 0 atom stereocenters. The van der Waals surface area contributed by atoms with Crippen molar-refractivity contribution in [1.29, 1.82) is 0 Å². The van der Waals surface area contributed by atoms with E-state index in [1.165, 1.54) is 0 Å². The van der Waals surface area contributed by atoms with E-state index in [0.717, 1.165) is 31.3 Å². The molecule has 0 spiro atoms. The summed E-state index contributed by atoms with van der Waals surface area (Å²) in [4.78, 5) is 9.00. The Morgan fingerprint density at radius 1 is 1.38 bits per heavy atom. The van der Waals surface area contributed by atoms with Gasteiger partial charge in [-0.25, -0.2) is 0 Å². The maximum Gasteiger partial charge on any atom is 0.416 e. The summed E-state index contributed by atoms with van der Waals surface area (Å²) in [6, 6.07) is 2.86. The number of rotatable bonds is 2. The lowest BCUT2D eigenvalue weighted by Crippen LogP contribution is -2.21. The lowest BCUT2D eigenvalue weighted by atomic mass is 10.1. The Hall–Kier alpha value is -2.29. The van der Waals surface area contributed by atoms with Gasteiger partial charge in [-0.05, 0) is 18.2 Å². The van der Waals surface area contributed by atoms with Crippen LogP contribution in [0.5, 0.6) is 0 Å². The van der Waals surface area contributed by atoms with Crippen LogP contribution in [-0.2, 0) is 11.0 Å². The number of nitrogens with zero attached hydrogens (tertiary/aromatic N) is 2. The highest BCUT2D eigenvalue weighted by Gasteiger charge is 2.30. The van der Waals surface area contributed by atoms with Gasteiger partial charge in [-0.15, -0.1) is 5.10 Å². The summed E-state index contributed by atoms with van der Waals surface area (Å²) in [6.45, 7) is 1.08. The van der Waals surface area contributed by atoms with E-state index in [1.54, 1.807) is 0 Å². The number of halogens is 4. The Bertz CT molecular complexity index is 551. The average molecular weight is 325 g/mol. The molecular formula is C11H12ClF3N4O2. The van der Waals surface area contributed by atoms with Gasteiger partial charge in [0.25, 0.3) is 5.97 Å². The van der Waals surface area contributed by atoms with Crippen molar-refractivity contribution in [2.75, 3.05) is 0 Å². The van der Waals surface area contributed by atoms with E-state index in [-0.39, 0.29) is 16.5 Å². The molecule has 1 aromatic rings. The Kier molecular flexibility index (Phi) is 7.22. The summed E-state index contributed by atoms with van der Waals surface area (Å²) in [5, 5.41) is 14.2. The second-order valence-corrected chi connectivity index (χ2v) is 3.93. The molecule has 0 unspecified atom stereocenters. The number of aliphatic carboxylic acids is 1. The van der Waals surface area contributed by atoms with Gasteiger partial charge in [0.05, 0.1) is 11.8 Å². The lowest BCUT2D eigenvalue weighted by molar-refractivity contribution is -0.137. The molecule has 0 amide bonds. The summed E-state index contributed by atoms with van der Waals surface area (Å²) in [5.41, 5.74) is 9.24. The molecule has 0 fully saturated rings. The predicted molar refractivity (Wildman–Crippen MR) is 73.2 cm³/mol. The van der Waals surface area contributed by atoms with Gasteiger partial charge < -0.3 is 16.6 Å². The van der Waals surface area contributed by atoms with Crippen LogP contribution < -0.4 is 11.5 Å². The molecule has 10 heteroatoms. The Balaban J connectivity index is 0.000000885. The highest BCUT2D eigenvalue weighted by atomic mass is 35.5. The zero-order chi connectivity index (χ0) is 16.6. The number of nitrogens with two attached hydrogens (primary N) is 2. The third kappa shape index (κ3) is 8.47. The van der Waals surface area contributed by atoms with E-state index in [0.29, 0.717) is 0 Å². The number of benzene rings is 1. The first-order valence-corrected chi connectivity index (χ1v) is 5.60. The number of carbonyl (C=O) groups is 1. The van der Waals surface area contributed by atoms with Crippen molar-refractivity contribution in [3.05, 3.63) is 34.3 Å². The van der Waals surface area contributed by atoms with Gasteiger partial charge >= 0.3 is 6.18 Å². The first-order valence-electron chi connectivity index (χ1n) is 5.22. The topological polar surface area (TPSA) is 114 Å². The summed E-state index contributed by atoms with van der Waals surface area (Å²) in [5.74, 6) is -1.13. The molecule has 0 radical (unpaired) electrons. The number of carboxylic acid groups (broad SMARTS) is 1. The van der Waals surface area contributed by atoms with Crippen molar-refractivity contribution >= 4 is 29.7 Å². The molecule has 0 aliphatic heterocycles. The molecule has 1 aromatic carbocycles. The van der Waals surface area contributed by atoms with Crippen LogP contribution in [0.3, 0.4) is 0 Å². The summed E-state index contributed by atoms with van der Waals surface area (Å²) in [6.07, 6.45) is -3.40. The number of hydrogen-bond donors (Lipinski definition) is 3. The van der Waals surface area contributed by atoms with Crippen LogP contribution in [-0.4, -0.2) is 23.2 Å². The van der Waals surface area contributed by atoms with Crippen molar-refractivity contribution < 1.29 is 23.1 Å². The molecule has 1 rings (SSSR count). The zero-order valence-electron chi connectivity index (χ0n) is 10.7.